The molecule has 0 amide bonds. The Kier molecular flexibility index (Phi) is 9.69. The van der Waals surface area contributed by atoms with Crippen LogP contribution in [0.2, 0.25) is 0 Å². The highest BCUT2D eigenvalue weighted by Gasteiger charge is 2.31. The van der Waals surface area contributed by atoms with Crippen molar-refractivity contribution in [2.75, 3.05) is 10.7 Å². The zero-order valence-electron chi connectivity index (χ0n) is 25.6. The molecule has 2 unspecified atom stereocenters. The minimum atomic E-state index is -4.77. The lowest BCUT2D eigenvalue weighted by atomic mass is 10.0. The topological polar surface area (TPSA) is 112 Å². The number of aliphatic hydroxyl groups is 1. The number of anilines is 1. The van der Waals surface area contributed by atoms with Crippen LogP contribution < -0.4 is 15.0 Å². The highest BCUT2D eigenvalue weighted by Crippen LogP contribution is 2.35. The zero-order valence-corrected chi connectivity index (χ0v) is 26.4. The molecule has 1 aliphatic rings. The molecule has 3 aromatic carbocycles. The Labute approximate surface area is 269 Å². The first-order chi connectivity index (χ1) is 21.9. The minimum absolute atomic E-state index is 0.204. The molecule has 0 spiro atoms. The van der Waals surface area contributed by atoms with Gasteiger partial charge in [-0.2, -0.15) is 5.26 Å². The Hall–Kier alpha value is -4.80. The number of nitrogens with zero attached hydrogens (tertiary/aromatic N) is 6. The number of aryl methyl sites for hydroxylation is 3. The van der Waals surface area contributed by atoms with Crippen LogP contribution in [0.15, 0.2) is 78.2 Å². The van der Waals surface area contributed by atoms with Gasteiger partial charge in [-0.1, -0.05) is 53.7 Å². The van der Waals surface area contributed by atoms with Crippen molar-refractivity contribution in [3.8, 4) is 28.9 Å². The first kappa shape index (κ1) is 32.6. The second kappa shape index (κ2) is 13.7. The van der Waals surface area contributed by atoms with Crippen molar-refractivity contribution < 1.29 is 23.0 Å². The third-order valence-electron chi connectivity index (χ3n) is 7.30. The van der Waals surface area contributed by atoms with Crippen LogP contribution in [0.1, 0.15) is 35.6 Å². The average Bonchev–Trinajstić information content (AvgIpc) is 3.49. The minimum Gasteiger partial charge on any atom is -0.406 e. The van der Waals surface area contributed by atoms with Gasteiger partial charge in [0.1, 0.15) is 18.1 Å². The highest BCUT2D eigenvalue weighted by molar-refractivity contribution is 8.14. The van der Waals surface area contributed by atoms with E-state index in [1.165, 1.54) is 47.0 Å². The van der Waals surface area contributed by atoms with Gasteiger partial charge in [0.05, 0.1) is 11.3 Å². The third kappa shape index (κ3) is 7.70. The number of hydrogen-bond donors (Lipinski definition) is 2. The molecule has 0 aliphatic carbocycles. The highest BCUT2D eigenvalue weighted by atomic mass is 32.2. The molecule has 2 atom stereocenters. The number of nitrogens with one attached hydrogen (secondary N) is 1. The van der Waals surface area contributed by atoms with Crippen LogP contribution in [-0.2, 0) is 0 Å². The van der Waals surface area contributed by atoms with Gasteiger partial charge in [0.25, 0.3) is 0 Å². The van der Waals surface area contributed by atoms with E-state index in [4.69, 9.17) is 0 Å². The predicted octanol–water partition coefficient (Wildman–Crippen LogP) is 6.88. The molecule has 0 bridgehead atoms. The summed E-state index contributed by atoms with van der Waals surface area (Å²) in [6, 6.07) is 18.9. The molecule has 0 radical (unpaired) electrons. The van der Waals surface area contributed by atoms with E-state index in [1.807, 2.05) is 0 Å². The second-order valence-corrected chi connectivity index (χ2v) is 11.9. The molecule has 13 heteroatoms. The molecule has 46 heavy (non-hydrogen) atoms. The summed E-state index contributed by atoms with van der Waals surface area (Å²) in [6.45, 7) is 8.40. The molecule has 1 fully saturated rings. The van der Waals surface area contributed by atoms with Gasteiger partial charge in [0.15, 0.2) is 11.0 Å². The smallest absolute Gasteiger partial charge is 0.406 e. The number of hydrogen-bond acceptors (Lipinski definition) is 8. The number of benzene rings is 3. The molecular formula is C33H32F3N7O2S. The number of aliphatic imine (C=N–C) groups is 1. The molecular weight excluding hydrogens is 615 g/mol. The van der Waals surface area contributed by atoms with Crippen LogP contribution >= 0.6 is 11.8 Å². The normalized spacial score (nSPS) is 17.1. The van der Waals surface area contributed by atoms with Crippen molar-refractivity contribution >= 4 is 28.2 Å². The van der Waals surface area contributed by atoms with Crippen LogP contribution in [-0.4, -0.2) is 49.5 Å². The summed E-state index contributed by atoms with van der Waals surface area (Å²) >= 11 is 1.59. The summed E-state index contributed by atoms with van der Waals surface area (Å²) in [5.74, 6) is 0.937. The number of rotatable bonds is 8. The fourth-order valence-electron chi connectivity index (χ4n) is 5.27. The van der Waals surface area contributed by atoms with Gasteiger partial charge in [0.2, 0.25) is 6.35 Å². The number of ether oxygens (including phenoxy) is 1. The van der Waals surface area contributed by atoms with Gasteiger partial charge in [0, 0.05) is 29.2 Å². The SMILES string of the molecule is Cc1cc(C)c(N2C(=NC(O)N/C=C(\C#N)c3ccc(-c4ncn(-c5ccc(OC(F)(F)F)cc5)n4)cc3)SCCC2C)c(C)c1. The van der Waals surface area contributed by atoms with E-state index < -0.39 is 12.7 Å². The molecule has 1 aliphatic heterocycles. The maximum absolute atomic E-state index is 12.4. The maximum Gasteiger partial charge on any atom is 0.573 e. The number of halogens is 3. The molecule has 2 heterocycles. The fraction of sp³-hybridized carbons (Fsp3) is 0.273. The van der Waals surface area contributed by atoms with Crippen LogP contribution in [0.25, 0.3) is 22.6 Å². The molecule has 4 aromatic rings. The maximum atomic E-state index is 12.4. The Morgan fingerprint density at radius 3 is 2.43 bits per heavy atom. The quantitative estimate of drug-likeness (QED) is 0.157. The van der Waals surface area contributed by atoms with E-state index >= 15 is 0 Å². The number of aliphatic hydroxyl groups excluding tert-OH is 1. The van der Waals surface area contributed by atoms with Crippen molar-refractivity contribution in [1.82, 2.24) is 20.1 Å². The monoisotopic (exact) mass is 647 g/mol. The van der Waals surface area contributed by atoms with Crippen molar-refractivity contribution in [1.29, 1.82) is 5.26 Å². The van der Waals surface area contributed by atoms with Crippen LogP contribution in [0.5, 0.6) is 5.75 Å². The predicted molar refractivity (Wildman–Crippen MR) is 173 cm³/mol. The summed E-state index contributed by atoms with van der Waals surface area (Å²) in [5.41, 5.74) is 6.64. The van der Waals surface area contributed by atoms with Gasteiger partial charge in [-0.3, -0.25) is 0 Å². The van der Waals surface area contributed by atoms with Gasteiger partial charge in [-0.15, -0.1) is 18.3 Å². The average molecular weight is 648 g/mol. The number of nitriles is 1. The molecule has 0 saturated carbocycles. The van der Waals surface area contributed by atoms with E-state index in [0.717, 1.165) is 29.0 Å². The van der Waals surface area contributed by atoms with Crippen molar-refractivity contribution in [2.45, 2.75) is 52.9 Å². The van der Waals surface area contributed by atoms with Crippen LogP contribution in [0.4, 0.5) is 18.9 Å². The Bertz CT molecular complexity index is 1770. The Morgan fingerprint density at radius 2 is 1.80 bits per heavy atom. The van der Waals surface area contributed by atoms with E-state index in [-0.39, 0.29) is 17.4 Å². The largest absolute Gasteiger partial charge is 0.573 e. The summed E-state index contributed by atoms with van der Waals surface area (Å²) < 4.78 is 42.7. The summed E-state index contributed by atoms with van der Waals surface area (Å²) in [6.07, 6.45) is -2.17. The summed E-state index contributed by atoms with van der Waals surface area (Å²) in [7, 11) is 0. The van der Waals surface area contributed by atoms with Gasteiger partial charge in [-0.05, 0) is 75.1 Å². The molecule has 238 valence electrons. The van der Waals surface area contributed by atoms with Gasteiger partial charge in [-0.25, -0.2) is 14.7 Å². The van der Waals surface area contributed by atoms with Crippen LogP contribution in [0.3, 0.4) is 0 Å². The lowest BCUT2D eigenvalue weighted by Crippen LogP contribution is -2.43. The van der Waals surface area contributed by atoms with E-state index in [9.17, 15) is 23.5 Å². The van der Waals surface area contributed by atoms with Crippen molar-refractivity contribution in [3.63, 3.8) is 0 Å². The van der Waals surface area contributed by atoms with E-state index in [1.54, 1.807) is 36.0 Å². The molecule has 5 rings (SSSR count). The lowest BCUT2D eigenvalue weighted by Gasteiger charge is -2.38. The third-order valence-corrected chi connectivity index (χ3v) is 8.30. The summed E-state index contributed by atoms with van der Waals surface area (Å²) in [4.78, 5) is 11.1. The Morgan fingerprint density at radius 1 is 1.13 bits per heavy atom. The number of allylic oxidation sites excluding steroid dienone is 1. The van der Waals surface area contributed by atoms with Crippen molar-refractivity contribution in [3.05, 3.63) is 95.4 Å². The fourth-order valence-corrected chi connectivity index (χ4v) is 6.50. The number of thioether (sulfide) groups is 1. The van der Waals surface area contributed by atoms with E-state index in [2.05, 4.69) is 75.9 Å². The molecule has 1 aromatic heterocycles. The number of amidine groups is 1. The standard InChI is InChI=1S/C33H32F3N7O2S/c1-20-15-21(2)29(22(3)16-20)43-23(4)13-14-46-32(43)40-31(44)38-18-26(17-37)24-5-7-25(8-6-24)30-39-19-42(41-30)27-9-11-28(12-10-27)45-33(34,35)36/h5-12,15-16,18-19,23,31,38,44H,13-14H2,1-4H3/b26-18+,40-32?. The first-order valence-electron chi connectivity index (χ1n) is 14.4. The van der Waals surface area contributed by atoms with E-state index in [0.29, 0.717) is 27.8 Å². The van der Waals surface area contributed by atoms with Crippen LogP contribution in [0, 0.1) is 32.1 Å². The second-order valence-electron chi connectivity index (χ2n) is 10.9. The molecule has 9 nitrogen and oxygen atoms in total. The number of alkyl halides is 3. The first-order valence-corrected chi connectivity index (χ1v) is 15.4. The lowest BCUT2D eigenvalue weighted by molar-refractivity contribution is -0.274. The number of aromatic nitrogens is 3. The molecule has 2 N–H and O–H groups in total. The van der Waals surface area contributed by atoms with Gasteiger partial charge < -0.3 is 20.1 Å². The Balaban J connectivity index is 1.28. The summed E-state index contributed by atoms with van der Waals surface area (Å²) in [5, 5.41) is 28.6. The van der Waals surface area contributed by atoms with Gasteiger partial charge >= 0.3 is 6.36 Å². The van der Waals surface area contributed by atoms with Crippen molar-refractivity contribution in [2.24, 2.45) is 4.99 Å². The molecule has 1 saturated heterocycles. The zero-order chi connectivity index (χ0) is 33.0.